The lowest BCUT2D eigenvalue weighted by Gasteiger charge is -2.26. The van der Waals surface area contributed by atoms with Crippen LogP contribution in [0.4, 0.5) is 5.69 Å². The number of fused-ring (bicyclic) bond motifs is 1. The van der Waals surface area contributed by atoms with Gasteiger partial charge >= 0.3 is 0 Å². The summed E-state index contributed by atoms with van der Waals surface area (Å²) in [5.74, 6) is 0.245. The lowest BCUT2D eigenvalue weighted by atomic mass is 10.0. The van der Waals surface area contributed by atoms with Crippen molar-refractivity contribution in [2.45, 2.75) is 6.42 Å². The van der Waals surface area contributed by atoms with Crippen molar-refractivity contribution in [2.24, 2.45) is 0 Å². The lowest BCUT2D eigenvalue weighted by molar-refractivity contribution is 0.0980. The van der Waals surface area contributed by atoms with Crippen LogP contribution in [0.1, 0.15) is 16.8 Å². The van der Waals surface area contributed by atoms with E-state index in [0.717, 1.165) is 22.3 Å². The fraction of sp³-hybridized carbons (Fsp3) is 0.300. The minimum absolute atomic E-state index is 0.245. The fourth-order valence-electron chi connectivity index (χ4n) is 1.59. The van der Waals surface area contributed by atoms with E-state index in [1.54, 1.807) is 0 Å². The normalized spacial score (nSPS) is 15.8. The van der Waals surface area contributed by atoms with Gasteiger partial charge in [0.05, 0.1) is 0 Å². The summed E-state index contributed by atoms with van der Waals surface area (Å²) in [4.78, 5) is 13.7. The van der Waals surface area contributed by atoms with Gasteiger partial charge in [-0.25, -0.2) is 0 Å². The van der Waals surface area contributed by atoms with Crippen LogP contribution in [-0.2, 0) is 0 Å². The molecule has 0 saturated heterocycles. The molecule has 0 unspecified atom stereocenters. The topological polar surface area (TPSA) is 20.3 Å². The van der Waals surface area contributed by atoms with Crippen LogP contribution in [0.3, 0.4) is 0 Å². The third-order valence-electron chi connectivity index (χ3n) is 2.34. The average molecular weight is 240 g/mol. The molecule has 0 radical (unpaired) electrons. The van der Waals surface area contributed by atoms with E-state index < -0.39 is 0 Å². The van der Waals surface area contributed by atoms with Crippen LogP contribution >= 0.6 is 15.9 Å². The van der Waals surface area contributed by atoms with E-state index in [-0.39, 0.29) is 5.78 Å². The number of anilines is 1. The van der Waals surface area contributed by atoms with Gasteiger partial charge in [-0.2, -0.15) is 0 Å². The van der Waals surface area contributed by atoms with Gasteiger partial charge in [0.2, 0.25) is 0 Å². The zero-order valence-corrected chi connectivity index (χ0v) is 8.97. The first-order valence-electron chi connectivity index (χ1n) is 4.22. The number of carbonyl (C=O) groups is 1. The van der Waals surface area contributed by atoms with Crippen molar-refractivity contribution < 1.29 is 4.79 Å². The number of rotatable bonds is 0. The second kappa shape index (κ2) is 3.14. The molecule has 1 aliphatic rings. The third kappa shape index (κ3) is 1.48. The maximum absolute atomic E-state index is 11.5. The SMILES string of the molecule is CN1CCC(=O)c2cc(Br)ccc21. The molecule has 0 atom stereocenters. The van der Waals surface area contributed by atoms with Crippen LogP contribution in [0.2, 0.25) is 0 Å². The van der Waals surface area contributed by atoms with Crippen LogP contribution in [0.5, 0.6) is 0 Å². The Hall–Kier alpha value is -0.830. The van der Waals surface area contributed by atoms with Crippen LogP contribution in [0, 0.1) is 0 Å². The van der Waals surface area contributed by atoms with Crippen molar-refractivity contribution in [3.8, 4) is 0 Å². The highest BCUT2D eigenvalue weighted by Crippen LogP contribution is 2.28. The number of nitrogens with zero attached hydrogens (tertiary/aromatic N) is 1. The Morgan fingerprint density at radius 1 is 1.46 bits per heavy atom. The average Bonchev–Trinajstić information content (AvgIpc) is 2.12. The highest BCUT2D eigenvalue weighted by Gasteiger charge is 2.20. The van der Waals surface area contributed by atoms with Gasteiger partial charge in [0.1, 0.15) is 0 Å². The first kappa shape index (κ1) is 8.75. The van der Waals surface area contributed by atoms with Gasteiger partial charge in [0.15, 0.2) is 5.78 Å². The summed E-state index contributed by atoms with van der Waals surface area (Å²) < 4.78 is 0.968. The number of hydrogen-bond donors (Lipinski definition) is 0. The number of ketones is 1. The molecular formula is C10H10BrNO. The quantitative estimate of drug-likeness (QED) is 0.694. The van der Waals surface area contributed by atoms with Crippen LogP contribution in [0.25, 0.3) is 0 Å². The molecule has 0 saturated carbocycles. The Morgan fingerprint density at radius 3 is 3.00 bits per heavy atom. The van der Waals surface area contributed by atoms with Crippen LogP contribution < -0.4 is 4.90 Å². The molecule has 0 fully saturated rings. The number of halogens is 1. The van der Waals surface area contributed by atoms with Crippen molar-refractivity contribution in [1.29, 1.82) is 0 Å². The molecule has 0 spiro atoms. The van der Waals surface area contributed by atoms with Crippen LogP contribution in [-0.4, -0.2) is 19.4 Å². The van der Waals surface area contributed by atoms with E-state index >= 15 is 0 Å². The largest absolute Gasteiger partial charge is 0.374 e. The molecule has 2 rings (SSSR count). The summed E-state index contributed by atoms with van der Waals surface area (Å²) in [6.45, 7) is 0.827. The van der Waals surface area contributed by atoms with E-state index in [9.17, 15) is 4.79 Å². The summed E-state index contributed by atoms with van der Waals surface area (Å²) >= 11 is 3.37. The van der Waals surface area contributed by atoms with Gasteiger partial charge in [-0.05, 0) is 18.2 Å². The molecule has 1 aromatic rings. The second-order valence-corrected chi connectivity index (χ2v) is 4.17. The Morgan fingerprint density at radius 2 is 2.23 bits per heavy atom. The molecule has 0 bridgehead atoms. The van der Waals surface area contributed by atoms with Crippen molar-refractivity contribution in [1.82, 2.24) is 0 Å². The maximum Gasteiger partial charge on any atom is 0.166 e. The van der Waals surface area contributed by atoms with Crippen molar-refractivity contribution in [3.05, 3.63) is 28.2 Å². The Balaban J connectivity index is 2.57. The highest BCUT2D eigenvalue weighted by atomic mass is 79.9. The summed E-state index contributed by atoms with van der Waals surface area (Å²) in [6.07, 6.45) is 0.625. The predicted molar refractivity (Wildman–Crippen MR) is 56.4 cm³/mol. The molecule has 1 aliphatic heterocycles. The Kier molecular flexibility index (Phi) is 2.12. The van der Waals surface area contributed by atoms with E-state index in [1.165, 1.54) is 0 Å². The molecule has 0 N–H and O–H groups in total. The Bertz CT molecular complexity index is 362. The first-order valence-corrected chi connectivity index (χ1v) is 5.01. The smallest absolute Gasteiger partial charge is 0.166 e. The number of carbonyl (C=O) groups excluding carboxylic acids is 1. The highest BCUT2D eigenvalue weighted by molar-refractivity contribution is 9.10. The summed E-state index contributed by atoms with van der Waals surface area (Å²) in [5, 5.41) is 0. The lowest BCUT2D eigenvalue weighted by Crippen LogP contribution is -2.28. The van der Waals surface area contributed by atoms with Crippen molar-refractivity contribution in [3.63, 3.8) is 0 Å². The van der Waals surface area contributed by atoms with Gasteiger partial charge in [0, 0.05) is 35.7 Å². The minimum Gasteiger partial charge on any atom is -0.374 e. The number of benzene rings is 1. The van der Waals surface area contributed by atoms with Crippen molar-refractivity contribution in [2.75, 3.05) is 18.5 Å². The van der Waals surface area contributed by atoms with E-state index in [0.29, 0.717) is 6.42 Å². The molecule has 3 heteroatoms. The van der Waals surface area contributed by atoms with Gasteiger partial charge in [-0.15, -0.1) is 0 Å². The summed E-state index contributed by atoms with van der Waals surface area (Å²) in [6, 6.07) is 5.84. The van der Waals surface area contributed by atoms with Gasteiger partial charge in [-0.3, -0.25) is 4.79 Å². The zero-order chi connectivity index (χ0) is 9.42. The van der Waals surface area contributed by atoms with E-state index in [2.05, 4.69) is 20.8 Å². The number of Topliss-reactive ketones (excluding diaryl/α,β-unsaturated/α-hetero) is 1. The number of hydrogen-bond acceptors (Lipinski definition) is 2. The third-order valence-corrected chi connectivity index (χ3v) is 2.84. The molecule has 0 amide bonds. The molecule has 2 nitrogen and oxygen atoms in total. The molecular weight excluding hydrogens is 230 g/mol. The van der Waals surface area contributed by atoms with E-state index in [1.807, 2.05) is 25.2 Å². The molecule has 13 heavy (non-hydrogen) atoms. The van der Waals surface area contributed by atoms with Crippen molar-refractivity contribution >= 4 is 27.4 Å². The van der Waals surface area contributed by atoms with Crippen LogP contribution in [0.15, 0.2) is 22.7 Å². The van der Waals surface area contributed by atoms with E-state index in [4.69, 9.17) is 0 Å². The molecule has 68 valence electrons. The minimum atomic E-state index is 0.245. The molecule has 1 aromatic carbocycles. The Labute approximate surface area is 85.7 Å². The van der Waals surface area contributed by atoms with Gasteiger partial charge in [-0.1, -0.05) is 15.9 Å². The molecule has 0 aliphatic carbocycles. The van der Waals surface area contributed by atoms with Gasteiger partial charge in [0.25, 0.3) is 0 Å². The second-order valence-electron chi connectivity index (χ2n) is 3.26. The predicted octanol–water partition coefficient (Wildman–Crippen LogP) is 2.47. The molecule has 0 aromatic heterocycles. The molecule has 1 heterocycles. The summed E-state index contributed by atoms with van der Waals surface area (Å²) in [5.41, 5.74) is 1.88. The maximum atomic E-state index is 11.5. The monoisotopic (exact) mass is 239 g/mol. The standard InChI is InChI=1S/C10H10BrNO/c1-12-5-4-10(13)8-6-7(11)2-3-9(8)12/h2-3,6H,4-5H2,1H3. The van der Waals surface area contributed by atoms with Gasteiger partial charge < -0.3 is 4.90 Å². The zero-order valence-electron chi connectivity index (χ0n) is 7.38. The fourth-order valence-corrected chi connectivity index (χ4v) is 1.95. The summed E-state index contributed by atoms with van der Waals surface area (Å²) in [7, 11) is 2.01. The first-order chi connectivity index (χ1) is 6.18.